The molecule has 0 aromatic carbocycles. The lowest BCUT2D eigenvalue weighted by Crippen LogP contribution is -2.64. The van der Waals surface area contributed by atoms with Crippen LogP contribution < -0.4 is 0 Å². The molecule has 2 heterocycles. The topological polar surface area (TPSA) is 76.1 Å². The van der Waals surface area contributed by atoms with Gasteiger partial charge in [0.1, 0.15) is 12.2 Å². The number of amides is 1. The van der Waals surface area contributed by atoms with E-state index in [1.807, 2.05) is 6.92 Å². The van der Waals surface area contributed by atoms with Crippen LogP contribution in [0, 0.1) is 5.92 Å². The van der Waals surface area contributed by atoms with Crippen molar-refractivity contribution in [1.29, 1.82) is 0 Å². The zero-order valence-electron chi connectivity index (χ0n) is 10.6. The highest BCUT2D eigenvalue weighted by molar-refractivity contribution is 5.80. The Morgan fingerprint density at radius 2 is 2.00 bits per heavy atom. The van der Waals surface area contributed by atoms with Crippen molar-refractivity contribution in [3.8, 4) is 0 Å². The number of hydrogen-bond acceptors (Lipinski definition) is 4. The summed E-state index contributed by atoms with van der Waals surface area (Å²) in [5.74, 6) is -0.775. The first kappa shape index (κ1) is 13.3. The minimum Gasteiger partial charge on any atom is -0.480 e. The van der Waals surface area contributed by atoms with Crippen molar-refractivity contribution in [2.45, 2.75) is 25.4 Å². The molecule has 2 rings (SSSR count). The van der Waals surface area contributed by atoms with E-state index in [0.29, 0.717) is 26.3 Å². The van der Waals surface area contributed by atoms with Crippen molar-refractivity contribution in [3.05, 3.63) is 0 Å². The van der Waals surface area contributed by atoms with Crippen LogP contribution in [0.2, 0.25) is 0 Å². The summed E-state index contributed by atoms with van der Waals surface area (Å²) in [5.41, 5.74) is -0.501. The molecule has 6 heteroatoms. The van der Waals surface area contributed by atoms with E-state index in [4.69, 9.17) is 14.6 Å². The number of carbonyl (C=O) groups excluding carboxylic acids is 1. The van der Waals surface area contributed by atoms with Crippen LogP contribution in [-0.2, 0) is 19.1 Å². The van der Waals surface area contributed by atoms with E-state index in [1.165, 1.54) is 0 Å². The molecule has 0 unspecified atom stereocenters. The number of ether oxygens (including phenoxy) is 2. The molecule has 18 heavy (non-hydrogen) atoms. The summed E-state index contributed by atoms with van der Waals surface area (Å²) in [6.45, 7) is 3.79. The number of carboxylic acid groups (broad SMARTS) is 1. The first-order chi connectivity index (χ1) is 8.50. The van der Waals surface area contributed by atoms with Crippen molar-refractivity contribution in [3.63, 3.8) is 0 Å². The molecular weight excluding hydrogens is 238 g/mol. The third-order valence-corrected chi connectivity index (χ3v) is 3.48. The number of nitrogens with zero attached hydrogens (tertiary/aromatic N) is 1. The van der Waals surface area contributed by atoms with E-state index in [-0.39, 0.29) is 18.4 Å². The predicted molar refractivity (Wildman–Crippen MR) is 62.1 cm³/mol. The molecule has 2 aliphatic rings. The molecule has 2 saturated heterocycles. The fourth-order valence-corrected chi connectivity index (χ4v) is 2.45. The van der Waals surface area contributed by atoms with Crippen LogP contribution in [0.4, 0.5) is 0 Å². The highest BCUT2D eigenvalue weighted by Gasteiger charge is 2.44. The summed E-state index contributed by atoms with van der Waals surface area (Å²) in [6.07, 6.45) is 1.56. The molecule has 102 valence electrons. The molecular formula is C12H19NO5. The van der Waals surface area contributed by atoms with Crippen molar-refractivity contribution in [2.24, 2.45) is 5.92 Å². The molecule has 0 atom stereocenters. The van der Waals surface area contributed by atoms with Crippen LogP contribution in [0.15, 0.2) is 0 Å². The van der Waals surface area contributed by atoms with Gasteiger partial charge in [-0.15, -0.1) is 0 Å². The third-order valence-electron chi connectivity index (χ3n) is 3.48. The predicted octanol–water partition coefficient (Wildman–Crippen LogP) is 0.115. The van der Waals surface area contributed by atoms with Crippen molar-refractivity contribution < 1.29 is 24.2 Å². The van der Waals surface area contributed by atoms with Gasteiger partial charge >= 0.3 is 5.97 Å². The largest absolute Gasteiger partial charge is 0.480 e. The van der Waals surface area contributed by atoms with Crippen molar-refractivity contribution in [1.82, 2.24) is 4.90 Å². The number of carbonyl (C=O) groups is 2. The van der Waals surface area contributed by atoms with Gasteiger partial charge in [0.25, 0.3) is 0 Å². The molecule has 0 bridgehead atoms. The fraction of sp³-hybridized carbons (Fsp3) is 0.833. The molecule has 0 spiro atoms. The Labute approximate surface area is 106 Å². The molecule has 2 aliphatic heterocycles. The molecule has 2 fully saturated rings. The molecule has 0 aromatic heterocycles. The van der Waals surface area contributed by atoms with Crippen molar-refractivity contribution in [2.75, 3.05) is 32.9 Å². The summed E-state index contributed by atoms with van der Waals surface area (Å²) >= 11 is 0. The van der Waals surface area contributed by atoms with Crippen LogP contribution in [0.5, 0.6) is 0 Å². The average Bonchev–Trinajstić information content (AvgIpc) is 2.33. The van der Waals surface area contributed by atoms with Gasteiger partial charge in [0.05, 0.1) is 13.1 Å². The lowest BCUT2D eigenvalue weighted by atomic mass is 9.91. The summed E-state index contributed by atoms with van der Waals surface area (Å²) < 4.78 is 10.5. The first-order valence-corrected chi connectivity index (χ1v) is 6.22. The Balaban J connectivity index is 1.77. The maximum Gasteiger partial charge on any atom is 0.329 e. The van der Waals surface area contributed by atoms with Crippen LogP contribution in [0.1, 0.15) is 19.8 Å². The van der Waals surface area contributed by atoms with Gasteiger partial charge in [-0.1, -0.05) is 0 Å². The second kappa shape index (κ2) is 5.24. The maximum atomic E-state index is 12.1. The van der Waals surface area contributed by atoms with E-state index < -0.39 is 11.6 Å². The molecule has 1 N–H and O–H groups in total. The average molecular weight is 257 g/mol. The van der Waals surface area contributed by atoms with E-state index in [2.05, 4.69) is 0 Å². The summed E-state index contributed by atoms with van der Waals surface area (Å²) in [7, 11) is 0. The summed E-state index contributed by atoms with van der Waals surface area (Å²) in [4.78, 5) is 24.3. The Bertz CT molecular complexity index is 331. The zero-order valence-corrected chi connectivity index (χ0v) is 10.6. The van der Waals surface area contributed by atoms with Crippen molar-refractivity contribution >= 4 is 11.9 Å². The Kier molecular flexibility index (Phi) is 3.87. The SMILES string of the molecule is CC1(OCC(=O)O)CN(C(=O)C2CCOCC2)C1. The zero-order chi connectivity index (χ0) is 13.2. The highest BCUT2D eigenvalue weighted by atomic mass is 16.5. The third kappa shape index (κ3) is 3.00. The monoisotopic (exact) mass is 257 g/mol. The number of carboxylic acids is 1. The smallest absolute Gasteiger partial charge is 0.329 e. The van der Waals surface area contributed by atoms with E-state index in [1.54, 1.807) is 4.90 Å². The van der Waals surface area contributed by atoms with Crippen LogP contribution in [0.25, 0.3) is 0 Å². The maximum absolute atomic E-state index is 12.1. The number of aliphatic carboxylic acids is 1. The number of rotatable bonds is 4. The van der Waals surface area contributed by atoms with Gasteiger partial charge in [0, 0.05) is 19.1 Å². The number of likely N-dealkylation sites (tertiary alicyclic amines) is 1. The highest BCUT2D eigenvalue weighted by Crippen LogP contribution is 2.28. The van der Waals surface area contributed by atoms with Gasteiger partial charge in [0.15, 0.2) is 0 Å². The molecule has 0 saturated carbocycles. The Morgan fingerprint density at radius 1 is 1.39 bits per heavy atom. The first-order valence-electron chi connectivity index (χ1n) is 6.22. The minimum absolute atomic E-state index is 0.0581. The van der Waals surface area contributed by atoms with Gasteiger partial charge in [-0.3, -0.25) is 4.79 Å². The quantitative estimate of drug-likeness (QED) is 0.774. The lowest BCUT2D eigenvalue weighted by molar-refractivity contribution is -0.177. The minimum atomic E-state index is -0.981. The van der Waals surface area contributed by atoms with Crippen LogP contribution >= 0.6 is 0 Å². The van der Waals surface area contributed by atoms with Gasteiger partial charge < -0.3 is 19.5 Å². The van der Waals surface area contributed by atoms with Crippen LogP contribution in [-0.4, -0.2) is 60.4 Å². The summed E-state index contributed by atoms with van der Waals surface area (Å²) in [5, 5.41) is 8.56. The Hall–Kier alpha value is -1.14. The molecule has 0 aromatic rings. The second-order valence-electron chi connectivity index (χ2n) is 5.21. The van der Waals surface area contributed by atoms with Gasteiger partial charge in [-0.25, -0.2) is 4.79 Å². The summed E-state index contributed by atoms with van der Waals surface area (Å²) in [6, 6.07) is 0. The normalized spacial score (nSPS) is 23.5. The van der Waals surface area contributed by atoms with Crippen LogP contribution in [0.3, 0.4) is 0 Å². The van der Waals surface area contributed by atoms with E-state index in [0.717, 1.165) is 12.8 Å². The second-order valence-corrected chi connectivity index (χ2v) is 5.21. The number of hydrogen-bond donors (Lipinski definition) is 1. The molecule has 1 amide bonds. The molecule has 0 aliphatic carbocycles. The van der Waals surface area contributed by atoms with E-state index in [9.17, 15) is 9.59 Å². The van der Waals surface area contributed by atoms with Gasteiger partial charge in [-0.2, -0.15) is 0 Å². The lowest BCUT2D eigenvalue weighted by Gasteiger charge is -2.48. The van der Waals surface area contributed by atoms with E-state index >= 15 is 0 Å². The van der Waals surface area contributed by atoms with Gasteiger partial charge in [-0.05, 0) is 19.8 Å². The Morgan fingerprint density at radius 3 is 2.56 bits per heavy atom. The molecule has 0 radical (unpaired) electrons. The van der Waals surface area contributed by atoms with Gasteiger partial charge in [0.2, 0.25) is 5.91 Å². The fourth-order valence-electron chi connectivity index (χ4n) is 2.45. The standard InChI is InChI=1S/C12H19NO5/c1-12(18-6-10(14)15)7-13(8-12)11(16)9-2-4-17-5-3-9/h9H,2-8H2,1H3,(H,14,15). The molecule has 6 nitrogen and oxygen atoms in total.